The summed E-state index contributed by atoms with van der Waals surface area (Å²) in [4.78, 5) is 25.7. The van der Waals surface area contributed by atoms with Gasteiger partial charge in [-0.1, -0.05) is 18.2 Å². The van der Waals surface area contributed by atoms with Crippen molar-refractivity contribution >= 4 is 11.7 Å². The minimum atomic E-state index is -0.912. The number of ketones is 1. The van der Waals surface area contributed by atoms with Gasteiger partial charge in [0, 0.05) is 18.7 Å². The Hall–Kier alpha value is -2.21. The third-order valence-corrected chi connectivity index (χ3v) is 4.31. The molecule has 2 aliphatic rings. The Bertz CT molecular complexity index is 679. The molecule has 0 aromatic heterocycles. The van der Waals surface area contributed by atoms with Gasteiger partial charge in [0.1, 0.15) is 5.82 Å². The van der Waals surface area contributed by atoms with E-state index < -0.39 is 29.3 Å². The summed E-state index contributed by atoms with van der Waals surface area (Å²) < 4.78 is 19.8. The highest BCUT2D eigenvalue weighted by Crippen LogP contribution is 2.39. The molecule has 0 unspecified atom stereocenters. The predicted molar refractivity (Wildman–Crippen MR) is 80.2 cm³/mol. The van der Waals surface area contributed by atoms with Crippen LogP contribution in [0.15, 0.2) is 35.6 Å². The van der Waals surface area contributed by atoms with E-state index >= 15 is 0 Å². The van der Waals surface area contributed by atoms with Gasteiger partial charge in [-0.2, -0.15) is 0 Å². The van der Waals surface area contributed by atoms with Crippen molar-refractivity contribution in [2.24, 2.45) is 0 Å². The van der Waals surface area contributed by atoms with Crippen LogP contribution in [0.2, 0.25) is 0 Å². The van der Waals surface area contributed by atoms with Crippen molar-refractivity contribution in [3.8, 4) is 0 Å². The number of hydrogen-bond donors (Lipinski definition) is 1. The van der Waals surface area contributed by atoms with Crippen molar-refractivity contribution in [1.29, 1.82) is 0 Å². The van der Waals surface area contributed by atoms with Crippen LogP contribution in [0, 0.1) is 5.82 Å². The number of carbonyl (C=O) groups excluding carboxylic acids is 2. The molecule has 1 aromatic carbocycles. The van der Waals surface area contributed by atoms with Crippen molar-refractivity contribution in [2.75, 3.05) is 13.2 Å². The van der Waals surface area contributed by atoms with Crippen LogP contribution in [0.4, 0.5) is 4.39 Å². The Morgan fingerprint density at radius 2 is 2.17 bits per heavy atom. The number of aliphatic hydroxyl groups is 1. The van der Waals surface area contributed by atoms with E-state index in [0.717, 1.165) is 12.8 Å². The van der Waals surface area contributed by atoms with E-state index in [4.69, 9.17) is 4.74 Å². The molecule has 0 aliphatic carbocycles. The molecule has 0 saturated carbocycles. The maximum Gasteiger partial charge on any atom is 0.290 e. The predicted octanol–water partition coefficient (Wildman–Crippen LogP) is 2.29. The van der Waals surface area contributed by atoms with Crippen LogP contribution in [0.5, 0.6) is 0 Å². The zero-order valence-electron chi connectivity index (χ0n) is 12.8. The molecular formula is C17H18FNO4. The molecule has 0 radical (unpaired) electrons. The van der Waals surface area contributed by atoms with Crippen molar-refractivity contribution < 1.29 is 23.8 Å². The van der Waals surface area contributed by atoms with Gasteiger partial charge in [-0.25, -0.2) is 4.39 Å². The molecular weight excluding hydrogens is 301 g/mol. The van der Waals surface area contributed by atoms with Crippen molar-refractivity contribution in [1.82, 2.24) is 4.90 Å². The van der Waals surface area contributed by atoms with Crippen molar-refractivity contribution in [2.45, 2.75) is 31.9 Å². The number of ether oxygens (including phenoxy) is 1. The third-order valence-electron chi connectivity index (χ3n) is 4.31. The molecule has 1 saturated heterocycles. The van der Waals surface area contributed by atoms with E-state index in [0.29, 0.717) is 6.61 Å². The standard InChI is InChI=1S/C17H18FNO4/c1-10(20)14-15(12-6-2-3-7-13(12)18)19(17(22)16(14)21)9-11-5-4-8-23-11/h2-3,6-7,11,15,21H,4-5,8-9H2,1H3/t11-,15+/m1/s1. The third kappa shape index (κ3) is 2.74. The summed E-state index contributed by atoms with van der Waals surface area (Å²) in [5.41, 5.74) is 0.145. The first-order chi connectivity index (χ1) is 11.0. The minimum Gasteiger partial charge on any atom is -0.503 e. The van der Waals surface area contributed by atoms with Gasteiger partial charge in [0.15, 0.2) is 11.5 Å². The smallest absolute Gasteiger partial charge is 0.290 e. The van der Waals surface area contributed by atoms with Gasteiger partial charge in [-0.3, -0.25) is 9.59 Å². The van der Waals surface area contributed by atoms with Gasteiger partial charge in [-0.15, -0.1) is 0 Å². The molecule has 2 aliphatic heterocycles. The molecule has 1 fully saturated rings. The molecule has 0 spiro atoms. The van der Waals surface area contributed by atoms with Crippen LogP contribution in [0.25, 0.3) is 0 Å². The zero-order chi connectivity index (χ0) is 16.6. The van der Waals surface area contributed by atoms with Gasteiger partial charge in [0.25, 0.3) is 5.91 Å². The number of benzene rings is 1. The lowest BCUT2D eigenvalue weighted by Crippen LogP contribution is -2.37. The van der Waals surface area contributed by atoms with Crippen molar-refractivity contribution in [3.63, 3.8) is 0 Å². The van der Waals surface area contributed by atoms with Gasteiger partial charge in [0.2, 0.25) is 0 Å². The molecule has 1 N–H and O–H groups in total. The lowest BCUT2D eigenvalue weighted by Gasteiger charge is -2.28. The fourth-order valence-electron chi connectivity index (χ4n) is 3.23. The van der Waals surface area contributed by atoms with Gasteiger partial charge in [0.05, 0.1) is 17.7 Å². The van der Waals surface area contributed by atoms with Crippen molar-refractivity contribution in [3.05, 3.63) is 47.0 Å². The first kappa shape index (κ1) is 15.7. The van der Waals surface area contributed by atoms with Gasteiger partial charge >= 0.3 is 0 Å². The molecule has 0 bridgehead atoms. The number of Topliss-reactive ketones (excluding diaryl/α,β-unsaturated/α-hetero) is 1. The normalized spacial score (nSPS) is 24.6. The molecule has 1 amide bonds. The molecule has 5 nitrogen and oxygen atoms in total. The summed E-state index contributed by atoms with van der Waals surface area (Å²) in [5.74, 6) is -2.21. The van der Waals surface area contributed by atoms with E-state index in [2.05, 4.69) is 0 Å². The highest BCUT2D eigenvalue weighted by molar-refractivity contribution is 6.08. The number of carbonyl (C=O) groups is 2. The Kier molecular flexibility index (Phi) is 4.17. The molecule has 122 valence electrons. The Balaban J connectivity index is 2.02. The first-order valence-corrected chi connectivity index (χ1v) is 7.61. The second-order valence-electron chi connectivity index (χ2n) is 5.84. The van der Waals surface area contributed by atoms with E-state index in [1.807, 2.05) is 0 Å². The largest absolute Gasteiger partial charge is 0.503 e. The quantitative estimate of drug-likeness (QED) is 0.924. The minimum absolute atomic E-state index is 0.0573. The lowest BCUT2D eigenvalue weighted by molar-refractivity contribution is -0.131. The Morgan fingerprint density at radius 3 is 2.78 bits per heavy atom. The summed E-state index contributed by atoms with van der Waals surface area (Å²) in [7, 11) is 0. The monoisotopic (exact) mass is 319 g/mol. The number of hydrogen-bond acceptors (Lipinski definition) is 4. The number of halogens is 1. The van der Waals surface area contributed by atoms with Crippen LogP contribution in [-0.4, -0.2) is 41.0 Å². The fraction of sp³-hybridized carbons (Fsp3) is 0.412. The second-order valence-corrected chi connectivity index (χ2v) is 5.84. The van der Waals surface area contributed by atoms with E-state index in [1.165, 1.54) is 30.0 Å². The molecule has 2 atom stereocenters. The summed E-state index contributed by atoms with van der Waals surface area (Å²) in [5, 5.41) is 10.1. The van der Waals surface area contributed by atoms with E-state index in [1.54, 1.807) is 6.07 Å². The number of nitrogens with zero attached hydrogens (tertiary/aromatic N) is 1. The highest BCUT2D eigenvalue weighted by Gasteiger charge is 2.44. The number of rotatable bonds is 4. The van der Waals surface area contributed by atoms with Crippen LogP contribution < -0.4 is 0 Å². The molecule has 3 rings (SSSR count). The van der Waals surface area contributed by atoms with Gasteiger partial charge in [-0.05, 0) is 25.8 Å². The average molecular weight is 319 g/mol. The first-order valence-electron chi connectivity index (χ1n) is 7.61. The summed E-state index contributed by atoms with van der Waals surface area (Å²) in [6, 6.07) is 5.07. The topological polar surface area (TPSA) is 66.8 Å². The van der Waals surface area contributed by atoms with E-state index in [9.17, 15) is 19.1 Å². The zero-order valence-corrected chi connectivity index (χ0v) is 12.8. The Labute approximate surface area is 133 Å². The molecule has 2 heterocycles. The fourth-order valence-corrected chi connectivity index (χ4v) is 3.23. The maximum absolute atomic E-state index is 14.2. The lowest BCUT2D eigenvalue weighted by atomic mass is 9.96. The second kappa shape index (κ2) is 6.12. The maximum atomic E-state index is 14.2. The number of aliphatic hydroxyl groups excluding tert-OH is 1. The average Bonchev–Trinajstić information content (AvgIpc) is 3.10. The molecule has 23 heavy (non-hydrogen) atoms. The summed E-state index contributed by atoms with van der Waals surface area (Å²) >= 11 is 0. The Morgan fingerprint density at radius 1 is 1.43 bits per heavy atom. The van der Waals surface area contributed by atoms with Crippen LogP contribution in [-0.2, 0) is 14.3 Å². The SMILES string of the molecule is CC(=O)C1=C(O)C(=O)N(C[C@H]2CCCO2)[C@H]1c1ccccc1F. The van der Waals surface area contributed by atoms with E-state index in [-0.39, 0.29) is 23.8 Å². The van der Waals surface area contributed by atoms with Crippen LogP contribution in [0.3, 0.4) is 0 Å². The van der Waals surface area contributed by atoms with Crippen LogP contribution >= 0.6 is 0 Å². The number of amides is 1. The van der Waals surface area contributed by atoms with Gasteiger partial charge < -0.3 is 14.7 Å². The highest BCUT2D eigenvalue weighted by atomic mass is 19.1. The summed E-state index contributed by atoms with van der Waals surface area (Å²) in [6.45, 7) is 2.11. The summed E-state index contributed by atoms with van der Waals surface area (Å²) in [6.07, 6.45) is 1.53. The molecule has 6 heteroatoms. The van der Waals surface area contributed by atoms with Crippen LogP contribution in [0.1, 0.15) is 31.4 Å². The molecule has 1 aromatic rings.